The van der Waals surface area contributed by atoms with E-state index in [0.29, 0.717) is 4.77 Å². The fourth-order valence-corrected chi connectivity index (χ4v) is 2.54. The van der Waals surface area contributed by atoms with Crippen LogP contribution in [0, 0.1) is 4.77 Å². The maximum absolute atomic E-state index is 5.38. The lowest BCUT2D eigenvalue weighted by atomic mass is 10.1. The fraction of sp³-hybridized carbons (Fsp3) is 0.133. The van der Waals surface area contributed by atoms with E-state index in [1.807, 2.05) is 34.9 Å². The second-order valence-electron chi connectivity index (χ2n) is 4.54. The molecule has 0 aliphatic carbocycles. The van der Waals surface area contributed by atoms with Crippen molar-refractivity contribution in [1.29, 1.82) is 0 Å². The lowest BCUT2D eigenvalue weighted by molar-refractivity contribution is 0.635. The lowest BCUT2D eigenvalue weighted by Gasteiger charge is -2.16. The van der Waals surface area contributed by atoms with Gasteiger partial charge in [-0.1, -0.05) is 30.3 Å². The van der Waals surface area contributed by atoms with Crippen molar-refractivity contribution >= 4 is 12.2 Å². The zero-order valence-corrected chi connectivity index (χ0v) is 11.8. The van der Waals surface area contributed by atoms with E-state index in [1.54, 1.807) is 12.4 Å². The van der Waals surface area contributed by atoms with Crippen LogP contribution in [0.15, 0.2) is 54.9 Å². The molecule has 0 spiro atoms. The van der Waals surface area contributed by atoms with Crippen molar-refractivity contribution in [3.8, 4) is 11.4 Å². The van der Waals surface area contributed by atoms with Gasteiger partial charge < -0.3 is 0 Å². The molecule has 0 aliphatic rings. The highest BCUT2D eigenvalue weighted by molar-refractivity contribution is 7.71. The second-order valence-corrected chi connectivity index (χ2v) is 4.93. The quantitative estimate of drug-likeness (QED) is 0.746. The number of pyridine rings is 1. The Kier molecular flexibility index (Phi) is 3.43. The molecule has 0 fully saturated rings. The van der Waals surface area contributed by atoms with Crippen molar-refractivity contribution < 1.29 is 0 Å². The molecule has 3 rings (SSSR count). The standard InChI is InChI=1S/C15H14N4S/c1-11(12-5-3-2-4-6-12)19-14(17-18-15(19)20)13-7-9-16-10-8-13/h2-11H,1H3,(H,18,20)/t11-/m0/s1. The molecule has 0 saturated heterocycles. The highest BCUT2D eigenvalue weighted by Crippen LogP contribution is 2.24. The summed E-state index contributed by atoms with van der Waals surface area (Å²) in [5.74, 6) is 0.828. The predicted molar refractivity (Wildman–Crippen MR) is 80.9 cm³/mol. The van der Waals surface area contributed by atoms with E-state index in [-0.39, 0.29) is 6.04 Å². The van der Waals surface area contributed by atoms with E-state index < -0.39 is 0 Å². The minimum absolute atomic E-state index is 0.116. The van der Waals surface area contributed by atoms with Crippen molar-refractivity contribution in [3.63, 3.8) is 0 Å². The average molecular weight is 282 g/mol. The fourth-order valence-electron chi connectivity index (χ4n) is 2.25. The van der Waals surface area contributed by atoms with Crippen molar-refractivity contribution in [3.05, 3.63) is 65.2 Å². The number of hydrogen-bond acceptors (Lipinski definition) is 3. The molecule has 0 amide bonds. The molecule has 0 bridgehead atoms. The molecule has 0 aliphatic heterocycles. The molecule has 4 nitrogen and oxygen atoms in total. The SMILES string of the molecule is C[C@@H](c1ccccc1)n1c(-c2ccncc2)n[nH]c1=S. The summed E-state index contributed by atoms with van der Waals surface area (Å²) in [7, 11) is 0. The van der Waals surface area contributed by atoms with Gasteiger partial charge in [0.2, 0.25) is 0 Å². The number of nitrogens with one attached hydrogen (secondary N) is 1. The van der Waals surface area contributed by atoms with Gasteiger partial charge in [-0.3, -0.25) is 14.6 Å². The summed E-state index contributed by atoms with van der Waals surface area (Å²) >= 11 is 5.38. The first-order chi connectivity index (χ1) is 9.77. The van der Waals surface area contributed by atoms with Crippen LogP contribution < -0.4 is 0 Å². The smallest absolute Gasteiger partial charge is 0.196 e. The summed E-state index contributed by atoms with van der Waals surface area (Å²) in [6.07, 6.45) is 3.51. The maximum Gasteiger partial charge on any atom is 0.196 e. The van der Waals surface area contributed by atoms with Crippen molar-refractivity contribution in [2.45, 2.75) is 13.0 Å². The van der Waals surface area contributed by atoms with Crippen molar-refractivity contribution in [1.82, 2.24) is 19.7 Å². The van der Waals surface area contributed by atoms with Gasteiger partial charge in [-0.2, -0.15) is 5.10 Å². The Morgan fingerprint density at radius 1 is 1.10 bits per heavy atom. The Morgan fingerprint density at radius 2 is 1.80 bits per heavy atom. The van der Waals surface area contributed by atoms with E-state index in [2.05, 4.69) is 34.2 Å². The molecule has 0 radical (unpaired) electrons. The molecule has 20 heavy (non-hydrogen) atoms. The summed E-state index contributed by atoms with van der Waals surface area (Å²) in [4.78, 5) is 4.04. The van der Waals surface area contributed by atoms with E-state index in [1.165, 1.54) is 5.56 Å². The first-order valence-electron chi connectivity index (χ1n) is 6.39. The van der Waals surface area contributed by atoms with Gasteiger partial charge >= 0.3 is 0 Å². The first kappa shape index (κ1) is 12.7. The number of hydrogen-bond donors (Lipinski definition) is 1. The Bertz CT molecular complexity index is 746. The normalized spacial score (nSPS) is 12.2. The summed E-state index contributed by atoms with van der Waals surface area (Å²) in [5.41, 5.74) is 2.19. The molecule has 1 N–H and O–H groups in total. The Hall–Kier alpha value is -2.27. The van der Waals surface area contributed by atoms with Crippen LogP contribution >= 0.6 is 12.2 Å². The molecule has 2 aromatic heterocycles. The predicted octanol–water partition coefficient (Wildman–Crippen LogP) is 3.61. The molecule has 100 valence electrons. The van der Waals surface area contributed by atoms with Crippen LogP contribution in [0.3, 0.4) is 0 Å². The van der Waals surface area contributed by atoms with Crippen LogP contribution in [0.5, 0.6) is 0 Å². The summed E-state index contributed by atoms with van der Waals surface area (Å²) in [6.45, 7) is 2.12. The first-order valence-corrected chi connectivity index (χ1v) is 6.80. The zero-order valence-electron chi connectivity index (χ0n) is 11.0. The highest BCUT2D eigenvalue weighted by Gasteiger charge is 2.15. The number of aromatic amines is 1. The third-order valence-corrected chi connectivity index (χ3v) is 3.60. The van der Waals surface area contributed by atoms with Crippen molar-refractivity contribution in [2.24, 2.45) is 0 Å². The molecule has 1 atom stereocenters. The van der Waals surface area contributed by atoms with Gasteiger partial charge in [0.25, 0.3) is 0 Å². The summed E-state index contributed by atoms with van der Waals surface area (Å²) < 4.78 is 2.65. The van der Waals surface area contributed by atoms with E-state index >= 15 is 0 Å². The Morgan fingerprint density at radius 3 is 2.50 bits per heavy atom. The van der Waals surface area contributed by atoms with Gasteiger partial charge in [-0.15, -0.1) is 0 Å². The minimum atomic E-state index is 0.116. The zero-order chi connectivity index (χ0) is 13.9. The molecular weight excluding hydrogens is 268 g/mol. The molecule has 3 aromatic rings. The number of benzene rings is 1. The third-order valence-electron chi connectivity index (χ3n) is 3.31. The van der Waals surface area contributed by atoms with Gasteiger partial charge in [0.05, 0.1) is 6.04 Å². The van der Waals surface area contributed by atoms with Crippen LogP contribution in [-0.2, 0) is 0 Å². The van der Waals surface area contributed by atoms with Crippen molar-refractivity contribution in [2.75, 3.05) is 0 Å². The second kappa shape index (κ2) is 5.38. The Balaban J connectivity index is 2.11. The topological polar surface area (TPSA) is 46.5 Å². The average Bonchev–Trinajstić information content (AvgIpc) is 2.90. The van der Waals surface area contributed by atoms with Crippen LogP contribution in [-0.4, -0.2) is 19.7 Å². The highest BCUT2D eigenvalue weighted by atomic mass is 32.1. The number of H-pyrrole nitrogens is 1. The molecule has 5 heteroatoms. The summed E-state index contributed by atoms with van der Waals surface area (Å²) in [6, 6.07) is 14.2. The van der Waals surface area contributed by atoms with Gasteiger partial charge in [0.1, 0.15) is 0 Å². The number of aromatic nitrogens is 4. The number of nitrogens with zero attached hydrogens (tertiary/aromatic N) is 3. The van der Waals surface area contributed by atoms with E-state index in [9.17, 15) is 0 Å². The molecule has 0 unspecified atom stereocenters. The van der Waals surface area contributed by atoms with Crippen LogP contribution in [0.2, 0.25) is 0 Å². The molecular formula is C15H14N4S. The van der Waals surface area contributed by atoms with E-state index in [4.69, 9.17) is 12.2 Å². The summed E-state index contributed by atoms with van der Waals surface area (Å²) in [5, 5.41) is 7.23. The Labute approximate surface area is 122 Å². The van der Waals surface area contributed by atoms with Crippen LogP contribution in [0.25, 0.3) is 11.4 Å². The molecule has 0 saturated carbocycles. The molecule has 1 aromatic carbocycles. The van der Waals surface area contributed by atoms with Gasteiger partial charge in [0, 0.05) is 18.0 Å². The van der Waals surface area contributed by atoms with Gasteiger partial charge in [-0.25, -0.2) is 0 Å². The minimum Gasteiger partial charge on any atom is -0.293 e. The van der Waals surface area contributed by atoms with Gasteiger partial charge in [0.15, 0.2) is 10.6 Å². The van der Waals surface area contributed by atoms with Crippen LogP contribution in [0.1, 0.15) is 18.5 Å². The van der Waals surface area contributed by atoms with E-state index in [0.717, 1.165) is 11.4 Å². The largest absolute Gasteiger partial charge is 0.293 e. The van der Waals surface area contributed by atoms with Gasteiger partial charge in [-0.05, 0) is 36.8 Å². The monoisotopic (exact) mass is 282 g/mol. The molecule has 2 heterocycles. The van der Waals surface area contributed by atoms with Crippen LogP contribution in [0.4, 0.5) is 0 Å². The maximum atomic E-state index is 5.38. The third kappa shape index (κ3) is 2.28. The number of rotatable bonds is 3. The lowest BCUT2D eigenvalue weighted by Crippen LogP contribution is -2.08.